The van der Waals surface area contributed by atoms with Crippen LogP contribution in [0.15, 0.2) is 46.9 Å². The Labute approximate surface area is 134 Å². The molecule has 0 bridgehead atoms. The van der Waals surface area contributed by atoms with Gasteiger partial charge in [-0.2, -0.15) is 0 Å². The summed E-state index contributed by atoms with van der Waals surface area (Å²) < 4.78 is 0. The van der Waals surface area contributed by atoms with E-state index in [1.54, 1.807) is 13.0 Å². The topological polar surface area (TPSA) is 37.3 Å². The van der Waals surface area contributed by atoms with Crippen molar-refractivity contribution in [1.29, 1.82) is 0 Å². The van der Waals surface area contributed by atoms with Crippen LogP contribution < -0.4 is 0 Å². The maximum atomic E-state index is 10.5. The van der Waals surface area contributed by atoms with Crippen LogP contribution in [0.3, 0.4) is 0 Å². The predicted octanol–water partition coefficient (Wildman–Crippen LogP) is 5.29. The van der Waals surface area contributed by atoms with Crippen LogP contribution in [0.1, 0.15) is 53.9 Å². The second-order valence-electron chi connectivity index (χ2n) is 7.07. The third kappa shape index (κ3) is 5.93. The van der Waals surface area contributed by atoms with Gasteiger partial charge in [0, 0.05) is 6.08 Å². The molecule has 0 radical (unpaired) electrons. The molecule has 1 fully saturated rings. The Morgan fingerprint density at radius 2 is 2.00 bits per heavy atom. The lowest BCUT2D eigenvalue weighted by molar-refractivity contribution is -0.131. The van der Waals surface area contributed by atoms with Crippen LogP contribution in [0.25, 0.3) is 0 Å². The quantitative estimate of drug-likeness (QED) is 0.435. The summed E-state index contributed by atoms with van der Waals surface area (Å²) in [6, 6.07) is 0. The first-order chi connectivity index (χ1) is 10.2. The fourth-order valence-electron chi connectivity index (χ4n) is 3.24. The summed E-state index contributed by atoms with van der Waals surface area (Å²) in [5, 5.41) is 8.63. The highest BCUT2D eigenvalue weighted by molar-refractivity contribution is 5.81. The van der Waals surface area contributed by atoms with Crippen LogP contribution in [-0.4, -0.2) is 11.1 Å². The summed E-state index contributed by atoms with van der Waals surface area (Å²) in [5.74, 6) is 0.369. The number of allylic oxidation sites excluding steroid dienone is 5. The van der Waals surface area contributed by atoms with Crippen LogP contribution >= 0.6 is 0 Å². The summed E-state index contributed by atoms with van der Waals surface area (Å²) in [5.41, 5.74) is 7.99. The van der Waals surface area contributed by atoms with Gasteiger partial charge in [-0.15, -0.1) is 0 Å². The zero-order chi connectivity index (χ0) is 16.8. The van der Waals surface area contributed by atoms with E-state index >= 15 is 0 Å². The van der Waals surface area contributed by atoms with Crippen LogP contribution in [0.4, 0.5) is 0 Å². The van der Waals surface area contributed by atoms with E-state index in [0.29, 0.717) is 22.8 Å². The van der Waals surface area contributed by atoms with E-state index in [2.05, 4.69) is 44.4 Å². The molecular weight excluding hydrogens is 272 g/mol. The van der Waals surface area contributed by atoms with Crippen molar-refractivity contribution in [3.63, 3.8) is 0 Å². The van der Waals surface area contributed by atoms with Crippen LogP contribution in [-0.2, 0) is 4.79 Å². The number of hydrogen-bond donors (Lipinski definition) is 1. The lowest BCUT2D eigenvalue weighted by Crippen LogP contribution is -2.32. The number of aliphatic carboxylic acids is 1. The molecule has 120 valence electrons. The van der Waals surface area contributed by atoms with Gasteiger partial charge < -0.3 is 5.11 Å². The average molecular weight is 300 g/mol. The summed E-state index contributed by atoms with van der Waals surface area (Å²) in [4.78, 5) is 10.5. The van der Waals surface area contributed by atoms with Gasteiger partial charge in [-0.3, -0.25) is 0 Å². The molecule has 2 atom stereocenters. The Kier molecular flexibility index (Phi) is 6.68. The first kappa shape index (κ1) is 18.3. The number of hydrogen-bond acceptors (Lipinski definition) is 1. The van der Waals surface area contributed by atoms with E-state index in [-0.39, 0.29) is 0 Å². The van der Waals surface area contributed by atoms with Crippen molar-refractivity contribution in [1.82, 2.24) is 0 Å². The molecule has 1 rings (SSSR count). The molecule has 0 aromatic heterocycles. The van der Waals surface area contributed by atoms with Gasteiger partial charge in [0.15, 0.2) is 0 Å². The Hall–Kier alpha value is -1.75. The highest BCUT2D eigenvalue weighted by atomic mass is 16.4. The van der Waals surface area contributed by atoms with Gasteiger partial charge in [-0.05, 0) is 54.7 Å². The van der Waals surface area contributed by atoms with Gasteiger partial charge in [0.2, 0.25) is 0 Å². The number of carboxylic acid groups (broad SMARTS) is 1. The van der Waals surface area contributed by atoms with Crippen molar-refractivity contribution in [3.8, 4) is 0 Å². The summed E-state index contributed by atoms with van der Waals surface area (Å²) >= 11 is 0. The molecule has 2 heteroatoms. The molecule has 0 aliphatic heterocycles. The second kappa shape index (κ2) is 8.03. The highest BCUT2D eigenvalue weighted by Gasteiger charge is 2.34. The van der Waals surface area contributed by atoms with E-state index in [1.165, 1.54) is 19.3 Å². The monoisotopic (exact) mass is 300 g/mol. The van der Waals surface area contributed by atoms with Gasteiger partial charge in [0.25, 0.3) is 0 Å². The van der Waals surface area contributed by atoms with Gasteiger partial charge in [-0.25, -0.2) is 4.79 Å². The SMILES string of the molecule is CC(=C=C=C/C(C)=C\C(=O)O)/C=C/C1C(C)CCCC1(C)C. The molecule has 1 saturated carbocycles. The third-order valence-electron chi connectivity index (χ3n) is 4.47. The maximum absolute atomic E-state index is 10.5. The molecule has 22 heavy (non-hydrogen) atoms. The fourth-order valence-corrected chi connectivity index (χ4v) is 3.24. The molecule has 1 N–H and O–H groups in total. The van der Waals surface area contributed by atoms with E-state index < -0.39 is 5.97 Å². The Morgan fingerprint density at radius 1 is 1.32 bits per heavy atom. The molecule has 1 aliphatic rings. The fraction of sp³-hybridized carbons (Fsp3) is 0.550. The summed E-state index contributed by atoms with van der Waals surface area (Å²) in [6.07, 6.45) is 11.1. The van der Waals surface area contributed by atoms with Crippen molar-refractivity contribution in [3.05, 3.63) is 46.9 Å². The molecule has 0 spiro atoms. The Morgan fingerprint density at radius 3 is 2.59 bits per heavy atom. The van der Waals surface area contributed by atoms with E-state index in [4.69, 9.17) is 5.11 Å². The largest absolute Gasteiger partial charge is 0.478 e. The molecule has 0 heterocycles. The summed E-state index contributed by atoms with van der Waals surface area (Å²) in [7, 11) is 0. The molecule has 2 nitrogen and oxygen atoms in total. The Balaban J connectivity index is 2.86. The van der Waals surface area contributed by atoms with E-state index in [1.807, 2.05) is 6.92 Å². The van der Waals surface area contributed by atoms with Gasteiger partial charge in [-0.1, -0.05) is 57.2 Å². The molecule has 1 aliphatic carbocycles. The van der Waals surface area contributed by atoms with Crippen molar-refractivity contribution >= 4 is 5.97 Å². The minimum atomic E-state index is -0.940. The second-order valence-corrected chi connectivity index (χ2v) is 7.07. The minimum absolute atomic E-state index is 0.356. The minimum Gasteiger partial charge on any atom is -0.478 e. The van der Waals surface area contributed by atoms with Crippen molar-refractivity contribution < 1.29 is 9.90 Å². The normalized spacial score (nSPS) is 24.5. The zero-order valence-corrected chi connectivity index (χ0v) is 14.4. The lowest BCUT2D eigenvalue weighted by atomic mass is 9.64. The standard InChI is InChI=1S/C20H28O2/c1-15(8-6-9-16(2)14-19(21)22)11-12-18-17(3)10-7-13-20(18,4)5/h9,11-12,14,17-18H,7,10,13H2,1-5H3,(H,21,22)/b12-11+,15-9?,16-14-. The molecule has 0 aromatic carbocycles. The zero-order valence-electron chi connectivity index (χ0n) is 14.4. The van der Waals surface area contributed by atoms with Crippen LogP contribution in [0, 0.1) is 17.3 Å². The highest BCUT2D eigenvalue weighted by Crippen LogP contribution is 2.44. The van der Waals surface area contributed by atoms with Gasteiger partial charge >= 0.3 is 5.97 Å². The van der Waals surface area contributed by atoms with Gasteiger partial charge in [0.05, 0.1) is 0 Å². The molecule has 0 amide bonds. The molecule has 2 unspecified atom stereocenters. The number of rotatable bonds is 4. The smallest absolute Gasteiger partial charge is 0.328 e. The van der Waals surface area contributed by atoms with E-state index in [0.717, 1.165) is 11.6 Å². The van der Waals surface area contributed by atoms with Gasteiger partial charge in [0.1, 0.15) is 0 Å². The molecule has 0 saturated heterocycles. The summed E-state index contributed by atoms with van der Waals surface area (Å²) in [6.45, 7) is 10.8. The number of carbonyl (C=O) groups is 1. The first-order valence-corrected chi connectivity index (χ1v) is 8.00. The molecular formula is C20H28O2. The average Bonchev–Trinajstić information content (AvgIpc) is 2.36. The van der Waals surface area contributed by atoms with Crippen molar-refractivity contribution in [2.45, 2.75) is 53.9 Å². The van der Waals surface area contributed by atoms with Crippen molar-refractivity contribution in [2.75, 3.05) is 0 Å². The van der Waals surface area contributed by atoms with Crippen molar-refractivity contribution in [2.24, 2.45) is 17.3 Å². The van der Waals surface area contributed by atoms with E-state index in [9.17, 15) is 4.79 Å². The molecule has 0 aromatic rings. The Bertz CT molecular complexity index is 563. The lowest BCUT2D eigenvalue weighted by Gasteiger charge is -2.41. The first-order valence-electron chi connectivity index (χ1n) is 8.00. The van der Waals surface area contributed by atoms with Crippen LogP contribution in [0.5, 0.6) is 0 Å². The third-order valence-corrected chi connectivity index (χ3v) is 4.47. The number of carboxylic acids is 1. The van der Waals surface area contributed by atoms with Crippen LogP contribution in [0.2, 0.25) is 0 Å². The predicted molar refractivity (Wildman–Crippen MR) is 91.6 cm³/mol. The maximum Gasteiger partial charge on any atom is 0.328 e.